The molecular weight excluding hydrogens is 348 g/mol. The molecule has 0 aliphatic heterocycles. The van der Waals surface area contributed by atoms with Gasteiger partial charge in [0, 0.05) is 5.56 Å². The van der Waals surface area contributed by atoms with Crippen LogP contribution in [0.2, 0.25) is 0 Å². The second-order valence-corrected chi connectivity index (χ2v) is 5.46. The lowest BCUT2D eigenvalue weighted by molar-refractivity contribution is -0.137. The Kier molecular flexibility index (Phi) is 7.13. The van der Waals surface area contributed by atoms with E-state index in [9.17, 15) is 14.4 Å². The number of ether oxygens (including phenoxy) is 1. The van der Waals surface area contributed by atoms with Crippen LogP contribution < -0.4 is 15.4 Å². The molecule has 2 amide bonds. The van der Waals surface area contributed by atoms with Crippen LogP contribution in [0.5, 0.6) is 5.75 Å². The zero-order valence-electron chi connectivity index (χ0n) is 14.8. The van der Waals surface area contributed by atoms with Gasteiger partial charge in [-0.05, 0) is 42.8 Å². The molecule has 27 heavy (non-hydrogen) atoms. The number of carboxylic acid groups (broad SMARTS) is 1. The van der Waals surface area contributed by atoms with Crippen LogP contribution >= 0.6 is 0 Å². The van der Waals surface area contributed by atoms with Crippen molar-refractivity contribution in [1.29, 1.82) is 0 Å². The van der Waals surface area contributed by atoms with Gasteiger partial charge in [0.25, 0.3) is 11.8 Å². The fraction of sp³-hybridized carbons (Fsp3) is 0.150. The van der Waals surface area contributed by atoms with Crippen LogP contribution in [0, 0.1) is 0 Å². The summed E-state index contributed by atoms with van der Waals surface area (Å²) in [5, 5.41) is 13.5. The number of carbonyl (C=O) groups is 3. The molecule has 0 radical (unpaired) electrons. The Morgan fingerprint density at radius 3 is 2.30 bits per heavy atom. The van der Waals surface area contributed by atoms with Crippen molar-refractivity contribution >= 4 is 23.9 Å². The summed E-state index contributed by atoms with van der Waals surface area (Å²) in [4.78, 5) is 35.4. The van der Waals surface area contributed by atoms with Crippen LogP contribution in [0.25, 0.3) is 6.08 Å². The number of hydrogen-bond donors (Lipinski definition) is 3. The Hall–Kier alpha value is -3.61. The van der Waals surface area contributed by atoms with Crippen molar-refractivity contribution in [2.45, 2.75) is 6.92 Å². The van der Waals surface area contributed by atoms with Gasteiger partial charge in [-0.3, -0.25) is 14.4 Å². The first-order valence-electron chi connectivity index (χ1n) is 8.30. The topological polar surface area (TPSA) is 105 Å². The van der Waals surface area contributed by atoms with E-state index in [1.807, 2.05) is 6.92 Å². The van der Waals surface area contributed by atoms with Crippen LogP contribution in [-0.4, -0.2) is 36.0 Å². The molecule has 0 aliphatic rings. The van der Waals surface area contributed by atoms with E-state index >= 15 is 0 Å². The van der Waals surface area contributed by atoms with E-state index < -0.39 is 24.3 Å². The van der Waals surface area contributed by atoms with Gasteiger partial charge in [-0.15, -0.1) is 0 Å². The van der Waals surface area contributed by atoms with Gasteiger partial charge >= 0.3 is 5.97 Å². The van der Waals surface area contributed by atoms with Crippen molar-refractivity contribution < 1.29 is 24.2 Å². The highest BCUT2D eigenvalue weighted by molar-refractivity contribution is 6.05. The minimum absolute atomic E-state index is 0.0609. The lowest BCUT2D eigenvalue weighted by atomic mass is 10.1. The van der Waals surface area contributed by atoms with E-state index in [1.165, 1.54) is 6.08 Å². The first-order chi connectivity index (χ1) is 13.0. The maximum atomic E-state index is 12.4. The summed E-state index contributed by atoms with van der Waals surface area (Å²) in [6, 6.07) is 15.3. The highest BCUT2D eigenvalue weighted by Gasteiger charge is 2.15. The van der Waals surface area contributed by atoms with Gasteiger partial charge in [-0.2, -0.15) is 0 Å². The van der Waals surface area contributed by atoms with E-state index in [-0.39, 0.29) is 5.70 Å². The minimum Gasteiger partial charge on any atom is -0.494 e. The molecule has 7 nitrogen and oxygen atoms in total. The lowest BCUT2D eigenvalue weighted by Gasteiger charge is -2.10. The quantitative estimate of drug-likeness (QED) is 0.619. The number of benzene rings is 2. The molecule has 0 heterocycles. The van der Waals surface area contributed by atoms with E-state index in [0.29, 0.717) is 23.5 Å². The van der Waals surface area contributed by atoms with Gasteiger partial charge in [0.1, 0.15) is 18.0 Å². The molecule has 0 aliphatic carbocycles. The van der Waals surface area contributed by atoms with Gasteiger partial charge in [0.2, 0.25) is 0 Å². The molecule has 0 saturated carbocycles. The lowest BCUT2D eigenvalue weighted by Crippen LogP contribution is -2.37. The minimum atomic E-state index is -1.18. The summed E-state index contributed by atoms with van der Waals surface area (Å²) in [7, 11) is 0. The van der Waals surface area contributed by atoms with Crippen molar-refractivity contribution in [1.82, 2.24) is 10.6 Å². The average Bonchev–Trinajstić information content (AvgIpc) is 2.67. The van der Waals surface area contributed by atoms with Crippen molar-refractivity contribution in [3.63, 3.8) is 0 Å². The van der Waals surface area contributed by atoms with E-state index in [0.717, 1.165) is 0 Å². The molecule has 2 aromatic rings. The number of nitrogens with one attached hydrogen (secondary N) is 2. The Bertz CT molecular complexity index is 829. The van der Waals surface area contributed by atoms with Gasteiger partial charge in [0.05, 0.1) is 6.61 Å². The maximum absolute atomic E-state index is 12.4. The molecule has 0 aromatic heterocycles. The predicted octanol–water partition coefficient (Wildman–Crippen LogP) is 2.06. The number of amides is 2. The van der Waals surface area contributed by atoms with Crippen molar-refractivity contribution in [3.05, 3.63) is 71.4 Å². The van der Waals surface area contributed by atoms with Gasteiger partial charge in [-0.25, -0.2) is 0 Å². The highest BCUT2D eigenvalue weighted by atomic mass is 16.5. The Morgan fingerprint density at radius 2 is 1.70 bits per heavy atom. The Morgan fingerprint density at radius 1 is 1.04 bits per heavy atom. The first-order valence-corrected chi connectivity index (χ1v) is 8.30. The number of carbonyl (C=O) groups excluding carboxylic acids is 2. The summed E-state index contributed by atoms with van der Waals surface area (Å²) < 4.78 is 5.37. The fourth-order valence-corrected chi connectivity index (χ4v) is 2.19. The van der Waals surface area contributed by atoms with Gasteiger partial charge in [-0.1, -0.05) is 30.3 Å². The molecule has 2 rings (SSSR count). The number of carboxylic acids is 1. The zero-order chi connectivity index (χ0) is 19.6. The van der Waals surface area contributed by atoms with E-state index in [4.69, 9.17) is 9.84 Å². The van der Waals surface area contributed by atoms with Crippen LogP contribution in [0.3, 0.4) is 0 Å². The first kappa shape index (κ1) is 19.7. The van der Waals surface area contributed by atoms with Crippen LogP contribution in [0.4, 0.5) is 0 Å². The largest absolute Gasteiger partial charge is 0.494 e. The molecule has 3 N–H and O–H groups in total. The molecule has 0 saturated heterocycles. The molecular formula is C20H20N2O5. The summed E-state index contributed by atoms with van der Waals surface area (Å²) >= 11 is 0. The zero-order valence-corrected chi connectivity index (χ0v) is 14.8. The Labute approximate surface area is 156 Å². The second kappa shape index (κ2) is 9.76. The highest BCUT2D eigenvalue weighted by Crippen LogP contribution is 2.14. The van der Waals surface area contributed by atoms with Crippen LogP contribution in [0.15, 0.2) is 60.3 Å². The SMILES string of the molecule is CCOc1ccc(/C=C(/NC(=O)c2ccccc2)C(=O)NCC(=O)O)cc1. The number of aliphatic carboxylic acids is 1. The molecule has 0 spiro atoms. The molecule has 0 unspecified atom stereocenters. The second-order valence-electron chi connectivity index (χ2n) is 5.46. The Balaban J connectivity index is 2.23. The molecule has 7 heteroatoms. The third kappa shape index (κ3) is 6.32. The van der Waals surface area contributed by atoms with E-state index in [2.05, 4.69) is 10.6 Å². The van der Waals surface area contributed by atoms with Crippen molar-refractivity contribution in [2.24, 2.45) is 0 Å². The van der Waals surface area contributed by atoms with Crippen molar-refractivity contribution in [2.75, 3.05) is 13.2 Å². The van der Waals surface area contributed by atoms with Gasteiger partial charge in [0.15, 0.2) is 0 Å². The van der Waals surface area contributed by atoms with Gasteiger partial charge < -0.3 is 20.5 Å². The molecule has 140 valence electrons. The normalized spacial score (nSPS) is 10.8. The summed E-state index contributed by atoms with van der Waals surface area (Å²) in [6.45, 7) is 1.85. The monoisotopic (exact) mass is 368 g/mol. The third-order valence-corrected chi connectivity index (χ3v) is 3.43. The van der Waals surface area contributed by atoms with E-state index in [1.54, 1.807) is 54.6 Å². The van der Waals surface area contributed by atoms with Crippen molar-refractivity contribution in [3.8, 4) is 5.75 Å². The standard InChI is InChI=1S/C20H20N2O5/c1-2-27-16-10-8-14(9-11-16)12-17(20(26)21-13-18(23)24)22-19(25)15-6-4-3-5-7-15/h3-12H,2,13H2,1H3,(H,21,26)(H,22,25)(H,23,24)/b17-12+. The van der Waals surface area contributed by atoms with Crippen LogP contribution in [0.1, 0.15) is 22.8 Å². The maximum Gasteiger partial charge on any atom is 0.322 e. The fourth-order valence-electron chi connectivity index (χ4n) is 2.19. The average molecular weight is 368 g/mol. The van der Waals surface area contributed by atoms with Crippen LogP contribution in [-0.2, 0) is 9.59 Å². The summed E-state index contributed by atoms with van der Waals surface area (Å²) in [6.07, 6.45) is 1.47. The molecule has 0 bridgehead atoms. The summed E-state index contributed by atoms with van der Waals surface area (Å²) in [5.41, 5.74) is 0.961. The number of hydrogen-bond acceptors (Lipinski definition) is 4. The molecule has 0 fully saturated rings. The smallest absolute Gasteiger partial charge is 0.322 e. The number of rotatable bonds is 8. The molecule has 0 atom stereocenters. The summed E-state index contributed by atoms with van der Waals surface area (Å²) in [5.74, 6) is -1.67. The molecule has 2 aromatic carbocycles. The third-order valence-electron chi connectivity index (χ3n) is 3.43. The predicted molar refractivity (Wildman–Crippen MR) is 100 cm³/mol.